The van der Waals surface area contributed by atoms with Crippen LogP contribution in [0.4, 0.5) is 43.4 Å². The van der Waals surface area contributed by atoms with Crippen LogP contribution in [0.15, 0.2) is 41.4 Å². The van der Waals surface area contributed by atoms with Crippen LogP contribution in [0.1, 0.15) is 42.4 Å². The second-order valence-corrected chi connectivity index (χ2v) is 8.98. The minimum atomic E-state index is -4.71. The lowest BCUT2D eigenvalue weighted by Crippen LogP contribution is -2.30. The lowest BCUT2D eigenvalue weighted by atomic mass is 9.91. The molecular weight excluding hydrogens is 460 g/mol. The van der Waals surface area contributed by atoms with Crippen LogP contribution in [0.5, 0.6) is 0 Å². The van der Waals surface area contributed by atoms with E-state index in [1.165, 1.54) is 24.4 Å². The number of carbonyl (C=O) groups excluding carboxylic acids is 1. The Labute approximate surface area is 191 Å². The highest BCUT2D eigenvalue weighted by molar-refractivity contribution is 6.04. The van der Waals surface area contributed by atoms with Crippen LogP contribution in [0.3, 0.4) is 0 Å². The Bertz CT molecular complexity index is 1140. The number of nitrogens with one attached hydrogen (secondary N) is 1. The SMILES string of the molecule is O=C(Nc1ccc(N2C3CCC2CC3)cc1C(F)(F)F)C1C=Nc2cccc(C(F)(F)F)c2C1. The Hall–Kier alpha value is -3.04. The summed E-state index contributed by atoms with van der Waals surface area (Å²) in [4.78, 5) is 18.8. The third kappa shape index (κ3) is 4.03. The number of hydrogen-bond acceptors (Lipinski definition) is 3. The zero-order valence-electron chi connectivity index (χ0n) is 17.9. The summed E-state index contributed by atoms with van der Waals surface area (Å²) in [7, 11) is 0. The largest absolute Gasteiger partial charge is 0.418 e. The van der Waals surface area contributed by atoms with Crippen molar-refractivity contribution in [3.8, 4) is 0 Å². The van der Waals surface area contributed by atoms with Gasteiger partial charge in [0.1, 0.15) is 0 Å². The predicted molar refractivity (Wildman–Crippen MR) is 115 cm³/mol. The Morgan fingerprint density at radius 3 is 2.18 bits per heavy atom. The quantitative estimate of drug-likeness (QED) is 0.518. The highest BCUT2D eigenvalue weighted by Crippen LogP contribution is 2.44. The molecule has 2 aromatic rings. The number of carbonyl (C=O) groups is 1. The minimum absolute atomic E-state index is 0.0967. The molecule has 2 aromatic carbocycles. The number of hydrogen-bond donors (Lipinski definition) is 1. The molecule has 0 saturated carbocycles. The number of benzene rings is 2. The summed E-state index contributed by atoms with van der Waals surface area (Å²) in [6.45, 7) is 0. The molecule has 180 valence electrons. The number of nitrogens with zero attached hydrogens (tertiary/aromatic N) is 2. The lowest BCUT2D eigenvalue weighted by molar-refractivity contribution is -0.139. The van der Waals surface area contributed by atoms with Crippen molar-refractivity contribution in [3.63, 3.8) is 0 Å². The van der Waals surface area contributed by atoms with E-state index >= 15 is 0 Å². The van der Waals surface area contributed by atoms with Gasteiger partial charge in [-0.2, -0.15) is 26.3 Å². The fraction of sp³-hybridized carbons (Fsp3) is 0.417. The van der Waals surface area contributed by atoms with Crippen LogP contribution in [-0.4, -0.2) is 24.2 Å². The summed E-state index contributed by atoms with van der Waals surface area (Å²) < 4.78 is 81.8. The molecule has 1 N–H and O–H groups in total. The van der Waals surface area contributed by atoms with E-state index in [1.807, 2.05) is 4.90 Å². The number of rotatable bonds is 3. The molecule has 1 amide bonds. The zero-order valence-corrected chi connectivity index (χ0v) is 17.9. The average Bonchev–Trinajstić information content (AvgIpc) is 3.38. The molecule has 2 fully saturated rings. The van der Waals surface area contributed by atoms with Crippen molar-refractivity contribution in [2.45, 2.75) is 56.5 Å². The van der Waals surface area contributed by atoms with Crippen molar-refractivity contribution in [2.75, 3.05) is 10.2 Å². The first-order valence-corrected chi connectivity index (χ1v) is 11.1. The van der Waals surface area contributed by atoms with Gasteiger partial charge in [-0.3, -0.25) is 9.79 Å². The van der Waals surface area contributed by atoms with Gasteiger partial charge in [0.2, 0.25) is 5.91 Å². The van der Waals surface area contributed by atoms with Gasteiger partial charge < -0.3 is 10.2 Å². The zero-order chi connectivity index (χ0) is 24.3. The second-order valence-electron chi connectivity index (χ2n) is 8.98. The molecule has 2 bridgehead atoms. The molecule has 3 heterocycles. The summed E-state index contributed by atoms with van der Waals surface area (Å²) in [5.41, 5.74) is -1.88. The molecule has 0 aliphatic carbocycles. The predicted octanol–water partition coefficient (Wildman–Crippen LogP) is 6.37. The molecule has 3 aliphatic heterocycles. The maximum absolute atomic E-state index is 13.9. The van der Waals surface area contributed by atoms with Crippen LogP contribution in [0, 0.1) is 5.92 Å². The normalized spacial score (nSPS) is 23.8. The summed E-state index contributed by atoms with van der Waals surface area (Å²) in [6, 6.07) is 7.83. The Balaban J connectivity index is 1.40. The van der Waals surface area contributed by atoms with E-state index in [-0.39, 0.29) is 29.8 Å². The molecule has 2 saturated heterocycles. The maximum Gasteiger partial charge on any atom is 0.418 e. The molecule has 0 spiro atoms. The van der Waals surface area contributed by atoms with E-state index in [0.29, 0.717) is 5.69 Å². The Kier molecular flexibility index (Phi) is 5.37. The Morgan fingerprint density at radius 2 is 1.56 bits per heavy atom. The van der Waals surface area contributed by atoms with E-state index in [1.54, 1.807) is 6.07 Å². The number of anilines is 2. The maximum atomic E-state index is 13.9. The minimum Gasteiger partial charge on any atom is -0.366 e. The average molecular weight is 481 g/mol. The molecule has 0 radical (unpaired) electrons. The van der Waals surface area contributed by atoms with Gasteiger partial charge in [0.15, 0.2) is 0 Å². The van der Waals surface area contributed by atoms with Crippen LogP contribution < -0.4 is 10.2 Å². The fourth-order valence-corrected chi connectivity index (χ4v) is 5.38. The Morgan fingerprint density at radius 1 is 0.912 bits per heavy atom. The molecular formula is C24H21F6N3O. The van der Waals surface area contributed by atoms with Gasteiger partial charge in [-0.1, -0.05) is 6.07 Å². The van der Waals surface area contributed by atoms with Crippen molar-refractivity contribution in [1.29, 1.82) is 0 Å². The van der Waals surface area contributed by atoms with E-state index in [2.05, 4.69) is 10.3 Å². The molecule has 34 heavy (non-hydrogen) atoms. The first kappa shape index (κ1) is 22.7. The molecule has 3 aliphatic rings. The van der Waals surface area contributed by atoms with Crippen molar-refractivity contribution in [2.24, 2.45) is 10.9 Å². The number of alkyl halides is 6. The van der Waals surface area contributed by atoms with Gasteiger partial charge in [0.25, 0.3) is 0 Å². The number of halogens is 6. The standard InChI is InChI=1S/C24H21F6N3O/c25-23(26,27)18-2-1-3-20-17(18)10-13(12-31-20)22(34)32-21-9-8-16(11-19(21)24(28,29)30)33-14-4-5-15(33)7-6-14/h1-3,8-9,11-15H,4-7,10H2,(H,32,34). The summed E-state index contributed by atoms with van der Waals surface area (Å²) >= 11 is 0. The first-order valence-electron chi connectivity index (χ1n) is 11.1. The van der Waals surface area contributed by atoms with E-state index in [4.69, 9.17) is 0 Å². The van der Waals surface area contributed by atoms with Crippen molar-refractivity contribution in [1.82, 2.24) is 0 Å². The van der Waals surface area contributed by atoms with Crippen molar-refractivity contribution >= 4 is 29.2 Å². The van der Waals surface area contributed by atoms with E-state index in [0.717, 1.165) is 37.8 Å². The van der Waals surface area contributed by atoms with Crippen LogP contribution in [0.25, 0.3) is 0 Å². The first-order chi connectivity index (χ1) is 16.0. The molecule has 1 unspecified atom stereocenters. The molecule has 4 nitrogen and oxygen atoms in total. The van der Waals surface area contributed by atoms with Gasteiger partial charge in [0, 0.05) is 24.0 Å². The van der Waals surface area contributed by atoms with Gasteiger partial charge in [-0.15, -0.1) is 0 Å². The van der Waals surface area contributed by atoms with Gasteiger partial charge in [0.05, 0.1) is 28.4 Å². The summed E-state index contributed by atoms with van der Waals surface area (Å²) in [5.74, 6) is -1.97. The van der Waals surface area contributed by atoms with Crippen LogP contribution >= 0.6 is 0 Å². The number of fused-ring (bicyclic) bond motifs is 3. The topological polar surface area (TPSA) is 44.7 Å². The van der Waals surface area contributed by atoms with E-state index in [9.17, 15) is 31.1 Å². The van der Waals surface area contributed by atoms with Gasteiger partial charge in [-0.25, -0.2) is 0 Å². The van der Waals surface area contributed by atoms with E-state index < -0.39 is 41.0 Å². The fourth-order valence-electron chi connectivity index (χ4n) is 5.38. The second kappa shape index (κ2) is 8.02. The van der Waals surface area contributed by atoms with Crippen molar-refractivity contribution < 1.29 is 31.1 Å². The molecule has 5 rings (SSSR count). The monoisotopic (exact) mass is 481 g/mol. The van der Waals surface area contributed by atoms with Gasteiger partial charge in [-0.05, 0) is 68.0 Å². The molecule has 1 atom stereocenters. The summed E-state index contributed by atoms with van der Waals surface area (Å²) in [5, 5.41) is 2.28. The third-order valence-electron chi connectivity index (χ3n) is 6.93. The molecule has 10 heteroatoms. The smallest absolute Gasteiger partial charge is 0.366 e. The third-order valence-corrected chi connectivity index (χ3v) is 6.93. The number of aliphatic imine (C=N–C) groups is 1. The number of amides is 1. The van der Waals surface area contributed by atoms with Crippen LogP contribution in [-0.2, 0) is 23.6 Å². The summed E-state index contributed by atoms with van der Waals surface area (Å²) in [6.07, 6.45) is -4.67. The molecule has 0 aromatic heterocycles. The van der Waals surface area contributed by atoms with Crippen molar-refractivity contribution in [3.05, 3.63) is 53.1 Å². The highest BCUT2D eigenvalue weighted by atomic mass is 19.4. The highest BCUT2D eigenvalue weighted by Gasteiger charge is 2.42. The van der Waals surface area contributed by atoms with Gasteiger partial charge >= 0.3 is 12.4 Å². The van der Waals surface area contributed by atoms with Crippen LogP contribution in [0.2, 0.25) is 0 Å². The lowest BCUT2D eigenvalue weighted by Gasteiger charge is -2.27.